The lowest BCUT2D eigenvalue weighted by atomic mass is 9.63. The van der Waals surface area contributed by atoms with Gasteiger partial charge in [0.2, 0.25) is 0 Å². The van der Waals surface area contributed by atoms with Crippen LogP contribution >= 0.6 is 0 Å². The number of rotatable bonds is 1. The first-order chi connectivity index (χ1) is 6.92. The van der Waals surface area contributed by atoms with Crippen molar-refractivity contribution >= 4 is 6.29 Å². The van der Waals surface area contributed by atoms with Crippen LogP contribution in [0.1, 0.15) is 44.9 Å². The minimum absolute atomic E-state index is 0.343. The van der Waals surface area contributed by atoms with Crippen molar-refractivity contribution in [2.75, 3.05) is 0 Å². The third kappa shape index (κ3) is 2.08. The van der Waals surface area contributed by atoms with Crippen LogP contribution in [0, 0.1) is 17.8 Å². The zero-order chi connectivity index (χ0) is 9.80. The fourth-order valence-corrected chi connectivity index (χ4v) is 2.85. The van der Waals surface area contributed by atoms with Crippen molar-refractivity contribution in [3.8, 4) is 0 Å². The van der Waals surface area contributed by atoms with Crippen LogP contribution in [-0.2, 0) is 4.79 Å². The average molecular weight is 192 g/mol. The molecule has 0 aromatic rings. The summed E-state index contributed by atoms with van der Waals surface area (Å²) in [5.41, 5.74) is 0. The van der Waals surface area contributed by atoms with Crippen molar-refractivity contribution < 1.29 is 4.79 Å². The van der Waals surface area contributed by atoms with Gasteiger partial charge in [-0.05, 0) is 37.5 Å². The highest BCUT2D eigenvalue weighted by molar-refractivity contribution is 5.56. The first-order valence-electron chi connectivity index (χ1n) is 6.04. The van der Waals surface area contributed by atoms with Gasteiger partial charge in [0.1, 0.15) is 6.29 Å². The summed E-state index contributed by atoms with van der Waals surface area (Å²) in [6.45, 7) is 0. The van der Waals surface area contributed by atoms with E-state index in [1.165, 1.54) is 38.5 Å². The van der Waals surface area contributed by atoms with Gasteiger partial charge in [0.25, 0.3) is 0 Å². The molecule has 0 amide bonds. The summed E-state index contributed by atoms with van der Waals surface area (Å²) >= 11 is 0. The predicted octanol–water partition coefficient (Wildman–Crippen LogP) is 3.35. The van der Waals surface area contributed by atoms with Gasteiger partial charge < -0.3 is 4.79 Å². The molecule has 0 aliphatic heterocycles. The zero-order valence-corrected chi connectivity index (χ0v) is 8.82. The summed E-state index contributed by atoms with van der Waals surface area (Å²) in [6.07, 6.45) is 15.0. The molecule has 2 rings (SSSR count). The topological polar surface area (TPSA) is 17.1 Å². The Labute approximate surface area is 86.6 Å². The van der Waals surface area contributed by atoms with Crippen molar-refractivity contribution in [2.24, 2.45) is 17.8 Å². The Balaban J connectivity index is 1.94. The van der Waals surface area contributed by atoms with E-state index >= 15 is 0 Å². The predicted molar refractivity (Wildman–Crippen MR) is 58.0 cm³/mol. The van der Waals surface area contributed by atoms with Gasteiger partial charge in [-0.15, -0.1) is 0 Å². The lowest BCUT2D eigenvalue weighted by Crippen LogP contribution is -2.36. The third-order valence-corrected chi connectivity index (χ3v) is 3.84. The van der Waals surface area contributed by atoms with E-state index in [1.807, 2.05) is 0 Å². The van der Waals surface area contributed by atoms with Crippen LogP contribution in [0.2, 0.25) is 0 Å². The maximum Gasteiger partial charge on any atom is 0.123 e. The Kier molecular flexibility index (Phi) is 3.39. The van der Waals surface area contributed by atoms with Crippen molar-refractivity contribution in [1.29, 1.82) is 0 Å². The number of hydrogen-bond donors (Lipinski definition) is 0. The SMILES string of the molecule is O=CC1C[C@H]2CCCCCC/C=C\[C@H]12. The van der Waals surface area contributed by atoms with Gasteiger partial charge in [0, 0.05) is 5.92 Å². The normalized spacial score (nSPS) is 40.4. The molecule has 1 fully saturated rings. The summed E-state index contributed by atoms with van der Waals surface area (Å²) in [6, 6.07) is 0. The molecule has 1 saturated carbocycles. The molecule has 0 spiro atoms. The number of carbonyl (C=O) groups is 1. The molecule has 14 heavy (non-hydrogen) atoms. The van der Waals surface area contributed by atoms with Gasteiger partial charge in [-0.1, -0.05) is 31.4 Å². The molecule has 1 unspecified atom stereocenters. The Morgan fingerprint density at radius 3 is 2.86 bits per heavy atom. The molecule has 1 nitrogen and oxygen atoms in total. The van der Waals surface area contributed by atoms with Gasteiger partial charge in [0.15, 0.2) is 0 Å². The van der Waals surface area contributed by atoms with E-state index in [1.54, 1.807) is 0 Å². The van der Waals surface area contributed by atoms with E-state index in [0.29, 0.717) is 11.8 Å². The molecule has 0 bridgehead atoms. The van der Waals surface area contributed by atoms with Crippen LogP contribution in [0.5, 0.6) is 0 Å². The standard InChI is InChI=1S/C13H20O/c14-10-12-9-11-7-5-3-1-2-4-6-8-13(11)12/h6,8,10-13H,1-5,7,9H2/b8-6-/t11-,12?,13+/m1/s1. The van der Waals surface area contributed by atoms with Crippen LogP contribution in [0.3, 0.4) is 0 Å². The van der Waals surface area contributed by atoms with Crippen LogP contribution < -0.4 is 0 Å². The van der Waals surface area contributed by atoms with E-state index < -0.39 is 0 Å². The van der Waals surface area contributed by atoms with Gasteiger partial charge in [-0.2, -0.15) is 0 Å². The molecule has 0 aromatic heterocycles. The average Bonchev–Trinajstić information content (AvgIpc) is 2.18. The third-order valence-electron chi connectivity index (χ3n) is 3.84. The zero-order valence-electron chi connectivity index (χ0n) is 8.82. The van der Waals surface area contributed by atoms with E-state index in [4.69, 9.17) is 0 Å². The van der Waals surface area contributed by atoms with Gasteiger partial charge >= 0.3 is 0 Å². The second-order valence-electron chi connectivity index (χ2n) is 4.79. The number of allylic oxidation sites excluding steroid dienone is 2. The van der Waals surface area contributed by atoms with Crippen molar-refractivity contribution in [1.82, 2.24) is 0 Å². The van der Waals surface area contributed by atoms with E-state index in [-0.39, 0.29) is 0 Å². The first kappa shape index (κ1) is 9.95. The summed E-state index contributed by atoms with van der Waals surface area (Å²) in [5, 5.41) is 0. The molecule has 1 heteroatoms. The smallest absolute Gasteiger partial charge is 0.123 e. The maximum atomic E-state index is 10.8. The minimum Gasteiger partial charge on any atom is -0.303 e. The summed E-state index contributed by atoms with van der Waals surface area (Å²) in [5.74, 6) is 1.75. The molecule has 0 N–H and O–H groups in total. The van der Waals surface area contributed by atoms with Gasteiger partial charge in [-0.3, -0.25) is 0 Å². The van der Waals surface area contributed by atoms with Gasteiger partial charge in [-0.25, -0.2) is 0 Å². The van der Waals surface area contributed by atoms with E-state index in [9.17, 15) is 4.79 Å². The highest BCUT2D eigenvalue weighted by atomic mass is 16.1. The van der Waals surface area contributed by atoms with E-state index in [0.717, 1.165) is 18.6 Å². The molecule has 0 radical (unpaired) electrons. The molecule has 0 aromatic carbocycles. The number of hydrogen-bond acceptors (Lipinski definition) is 1. The molecule has 78 valence electrons. The quantitative estimate of drug-likeness (QED) is 0.460. The molecule has 0 saturated heterocycles. The lowest BCUT2D eigenvalue weighted by molar-refractivity contribution is -0.117. The second-order valence-corrected chi connectivity index (χ2v) is 4.79. The summed E-state index contributed by atoms with van der Waals surface area (Å²) < 4.78 is 0. The molecular weight excluding hydrogens is 172 g/mol. The van der Waals surface area contributed by atoms with Gasteiger partial charge in [0.05, 0.1) is 0 Å². The Morgan fingerprint density at radius 1 is 1.14 bits per heavy atom. The first-order valence-corrected chi connectivity index (χ1v) is 6.04. The Hall–Kier alpha value is -0.590. The highest BCUT2D eigenvalue weighted by Crippen LogP contribution is 2.43. The lowest BCUT2D eigenvalue weighted by Gasteiger charge is -2.40. The van der Waals surface area contributed by atoms with Crippen molar-refractivity contribution in [2.45, 2.75) is 44.9 Å². The number of aldehydes is 1. The largest absolute Gasteiger partial charge is 0.303 e. The van der Waals surface area contributed by atoms with Crippen LogP contribution in [0.25, 0.3) is 0 Å². The summed E-state index contributed by atoms with van der Waals surface area (Å²) in [4.78, 5) is 10.8. The molecule has 2 aliphatic rings. The second kappa shape index (κ2) is 4.77. The van der Waals surface area contributed by atoms with Crippen molar-refractivity contribution in [3.05, 3.63) is 12.2 Å². The van der Waals surface area contributed by atoms with Crippen LogP contribution in [0.15, 0.2) is 12.2 Å². The Morgan fingerprint density at radius 2 is 2.00 bits per heavy atom. The minimum atomic E-state index is 0.343. The maximum absolute atomic E-state index is 10.8. The van der Waals surface area contributed by atoms with E-state index in [2.05, 4.69) is 12.2 Å². The number of carbonyl (C=O) groups excluding carboxylic acids is 1. The number of fused-ring (bicyclic) bond motifs is 1. The van der Waals surface area contributed by atoms with Crippen LogP contribution in [-0.4, -0.2) is 6.29 Å². The molecule has 3 atom stereocenters. The molecule has 2 aliphatic carbocycles. The molecule has 0 heterocycles. The molecular formula is C13H20O. The fourth-order valence-electron chi connectivity index (χ4n) is 2.85. The van der Waals surface area contributed by atoms with Crippen molar-refractivity contribution in [3.63, 3.8) is 0 Å². The summed E-state index contributed by atoms with van der Waals surface area (Å²) in [7, 11) is 0. The monoisotopic (exact) mass is 192 g/mol. The van der Waals surface area contributed by atoms with Crippen LogP contribution in [0.4, 0.5) is 0 Å². The fraction of sp³-hybridized carbons (Fsp3) is 0.769. The Bertz CT molecular complexity index is 219. The highest BCUT2D eigenvalue weighted by Gasteiger charge is 2.38.